The SMILES string of the molecule is CC(C)CN1CCN(S(=O)(=O)c2ccc(-c3ccon3)s2)[C@H](C)C1=O. The van der Waals surface area contributed by atoms with Crippen molar-refractivity contribution in [2.45, 2.75) is 31.0 Å². The zero-order valence-corrected chi connectivity index (χ0v) is 16.0. The molecule has 0 bridgehead atoms. The number of nitrogens with zero attached hydrogens (tertiary/aromatic N) is 3. The van der Waals surface area contributed by atoms with Crippen LogP contribution in [-0.4, -0.2) is 54.4 Å². The normalized spacial score (nSPS) is 19.8. The molecule has 0 spiro atoms. The topological polar surface area (TPSA) is 83.7 Å². The van der Waals surface area contributed by atoms with Crippen LogP contribution in [0.5, 0.6) is 0 Å². The highest BCUT2D eigenvalue weighted by atomic mass is 32.2. The summed E-state index contributed by atoms with van der Waals surface area (Å²) in [5.41, 5.74) is 0.595. The van der Waals surface area contributed by atoms with Gasteiger partial charge in [0.15, 0.2) is 0 Å². The van der Waals surface area contributed by atoms with Gasteiger partial charge in [-0.25, -0.2) is 8.42 Å². The van der Waals surface area contributed by atoms with Crippen molar-refractivity contribution in [3.8, 4) is 10.6 Å². The molecule has 1 saturated heterocycles. The van der Waals surface area contributed by atoms with E-state index < -0.39 is 16.1 Å². The molecule has 2 aromatic heterocycles. The van der Waals surface area contributed by atoms with Gasteiger partial charge in [-0.15, -0.1) is 11.3 Å². The van der Waals surface area contributed by atoms with E-state index in [9.17, 15) is 13.2 Å². The second kappa shape index (κ2) is 6.89. The zero-order valence-electron chi connectivity index (χ0n) is 14.4. The average molecular weight is 383 g/mol. The molecule has 0 radical (unpaired) electrons. The molecule has 1 amide bonds. The number of thiophene rings is 1. The second-order valence-electron chi connectivity index (χ2n) is 6.47. The van der Waals surface area contributed by atoms with Crippen LogP contribution in [0.15, 0.2) is 33.2 Å². The van der Waals surface area contributed by atoms with Crippen LogP contribution in [-0.2, 0) is 14.8 Å². The predicted molar refractivity (Wildman–Crippen MR) is 94.6 cm³/mol. The summed E-state index contributed by atoms with van der Waals surface area (Å²) in [6.07, 6.45) is 1.44. The van der Waals surface area contributed by atoms with Crippen LogP contribution in [0.4, 0.5) is 0 Å². The summed E-state index contributed by atoms with van der Waals surface area (Å²) in [6.45, 7) is 7.10. The quantitative estimate of drug-likeness (QED) is 0.791. The number of carbonyl (C=O) groups excluding carboxylic acids is 1. The van der Waals surface area contributed by atoms with E-state index >= 15 is 0 Å². The van der Waals surface area contributed by atoms with E-state index in [1.54, 1.807) is 30.0 Å². The van der Waals surface area contributed by atoms with E-state index in [-0.39, 0.29) is 10.1 Å². The van der Waals surface area contributed by atoms with Crippen LogP contribution in [0, 0.1) is 5.92 Å². The van der Waals surface area contributed by atoms with Crippen molar-refractivity contribution in [2.75, 3.05) is 19.6 Å². The zero-order chi connectivity index (χ0) is 18.2. The molecule has 0 unspecified atom stereocenters. The van der Waals surface area contributed by atoms with Crippen molar-refractivity contribution in [1.82, 2.24) is 14.4 Å². The van der Waals surface area contributed by atoms with Crippen LogP contribution in [0.2, 0.25) is 0 Å². The number of hydrogen-bond acceptors (Lipinski definition) is 6. The van der Waals surface area contributed by atoms with Crippen molar-refractivity contribution >= 4 is 27.3 Å². The number of rotatable bonds is 5. The van der Waals surface area contributed by atoms with E-state index in [2.05, 4.69) is 5.16 Å². The Labute approximate surface area is 151 Å². The monoisotopic (exact) mass is 383 g/mol. The van der Waals surface area contributed by atoms with Crippen LogP contribution in [0.3, 0.4) is 0 Å². The van der Waals surface area contributed by atoms with Gasteiger partial charge in [0.1, 0.15) is 22.2 Å². The highest BCUT2D eigenvalue weighted by molar-refractivity contribution is 7.91. The van der Waals surface area contributed by atoms with Gasteiger partial charge in [0, 0.05) is 25.7 Å². The Hall–Kier alpha value is -1.71. The van der Waals surface area contributed by atoms with Gasteiger partial charge in [-0.1, -0.05) is 19.0 Å². The Morgan fingerprint density at radius 1 is 1.32 bits per heavy atom. The van der Waals surface area contributed by atoms with E-state index in [4.69, 9.17) is 4.52 Å². The lowest BCUT2D eigenvalue weighted by molar-refractivity contribution is -0.138. The van der Waals surface area contributed by atoms with Crippen molar-refractivity contribution in [2.24, 2.45) is 5.92 Å². The molecule has 1 fully saturated rings. The molecule has 136 valence electrons. The first kappa shape index (κ1) is 18.1. The Balaban J connectivity index is 1.82. The molecule has 9 heteroatoms. The Bertz CT molecular complexity index is 843. The van der Waals surface area contributed by atoms with Crippen molar-refractivity contribution < 1.29 is 17.7 Å². The third kappa shape index (κ3) is 3.49. The molecule has 1 aliphatic heterocycles. The smallest absolute Gasteiger partial charge is 0.253 e. The van der Waals surface area contributed by atoms with Gasteiger partial charge in [-0.3, -0.25) is 4.79 Å². The molecule has 0 saturated carbocycles. The Kier molecular flexibility index (Phi) is 4.99. The summed E-state index contributed by atoms with van der Waals surface area (Å²) in [6, 6.07) is 4.24. The van der Waals surface area contributed by atoms with Gasteiger partial charge < -0.3 is 9.42 Å². The summed E-state index contributed by atoms with van der Waals surface area (Å²) >= 11 is 1.13. The minimum Gasteiger partial charge on any atom is -0.364 e. The summed E-state index contributed by atoms with van der Waals surface area (Å²) < 4.78 is 32.3. The first-order chi connectivity index (χ1) is 11.8. The van der Waals surface area contributed by atoms with E-state index in [1.165, 1.54) is 10.6 Å². The maximum absolute atomic E-state index is 13.0. The van der Waals surface area contributed by atoms with Crippen molar-refractivity contribution in [3.63, 3.8) is 0 Å². The molecule has 3 heterocycles. The summed E-state index contributed by atoms with van der Waals surface area (Å²) in [5, 5.41) is 3.83. The average Bonchev–Trinajstić information content (AvgIpc) is 3.21. The molecule has 0 aliphatic carbocycles. The molecule has 2 aromatic rings. The number of sulfonamides is 1. The number of carbonyl (C=O) groups is 1. The highest BCUT2D eigenvalue weighted by Gasteiger charge is 2.39. The highest BCUT2D eigenvalue weighted by Crippen LogP contribution is 2.32. The van der Waals surface area contributed by atoms with Crippen LogP contribution in [0.25, 0.3) is 10.6 Å². The first-order valence-electron chi connectivity index (χ1n) is 8.12. The summed E-state index contributed by atoms with van der Waals surface area (Å²) in [4.78, 5) is 15.0. The molecule has 1 aliphatic rings. The predicted octanol–water partition coefficient (Wildman–Crippen LogP) is 2.28. The van der Waals surface area contributed by atoms with Gasteiger partial charge in [0.2, 0.25) is 5.91 Å². The summed E-state index contributed by atoms with van der Waals surface area (Å²) in [5.74, 6) is 0.207. The fraction of sp³-hybridized carbons (Fsp3) is 0.500. The lowest BCUT2D eigenvalue weighted by atomic mass is 10.1. The van der Waals surface area contributed by atoms with E-state index in [1.807, 2.05) is 13.8 Å². The molecule has 0 N–H and O–H groups in total. The number of amides is 1. The molecular formula is C16H21N3O4S2. The minimum atomic E-state index is -3.72. The maximum atomic E-state index is 13.0. The van der Waals surface area contributed by atoms with Gasteiger partial charge >= 0.3 is 0 Å². The molecular weight excluding hydrogens is 362 g/mol. The Morgan fingerprint density at radius 3 is 2.72 bits per heavy atom. The number of piperazine rings is 1. The number of hydrogen-bond donors (Lipinski definition) is 0. The van der Waals surface area contributed by atoms with Crippen molar-refractivity contribution in [3.05, 3.63) is 24.5 Å². The van der Waals surface area contributed by atoms with Gasteiger partial charge in [0.05, 0.1) is 4.88 Å². The second-order valence-corrected chi connectivity index (χ2v) is 9.67. The van der Waals surface area contributed by atoms with Gasteiger partial charge in [-0.05, 0) is 25.0 Å². The van der Waals surface area contributed by atoms with Crippen LogP contribution >= 0.6 is 11.3 Å². The minimum absolute atomic E-state index is 0.142. The molecule has 3 rings (SSSR count). The van der Waals surface area contributed by atoms with Gasteiger partial charge in [-0.2, -0.15) is 4.31 Å². The molecule has 0 aromatic carbocycles. The number of aromatic nitrogens is 1. The maximum Gasteiger partial charge on any atom is 0.253 e. The lowest BCUT2D eigenvalue weighted by Gasteiger charge is -2.38. The van der Waals surface area contributed by atoms with Crippen molar-refractivity contribution in [1.29, 1.82) is 0 Å². The van der Waals surface area contributed by atoms with E-state index in [0.717, 1.165) is 11.3 Å². The van der Waals surface area contributed by atoms with Gasteiger partial charge in [0.25, 0.3) is 10.0 Å². The molecule has 25 heavy (non-hydrogen) atoms. The van der Waals surface area contributed by atoms with Crippen LogP contribution in [0.1, 0.15) is 20.8 Å². The fourth-order valence-electron chi connectivity index (χ4n) is 2.91. The first-order valence-corrected chi connectivity index (χ1v) is 10.4. The third-order valence-electron chi connectivity index (χ3n) is 4.11. The Morgan fingerprint density at radius 2 is 2.08 bits per heavy atom. The molecule has 7 nitrogen and oxygen atoms in total. The standard InChI is InChI=1S/C16H21N3O4S2/c1-11(2)10-18-7-8-19(12(3)16(18)20)25(21,22)15-5-4-14(24-15)13-6-9-23-17-13/h4-6,9,11-12H,7-8,10H2,1-3H3/t12-/m1/s1. The van der Waals surface area contributed by atoms with Crippen LogP contribution < -0.4 is 0 Å². The third-order valence-corrected chi connectivity index (χ3v) is 7.66. The lowest BCUT2D eigenvalue weighted by Crippen LogP contribution is -2.57. The largest absolute Gasteiger partial charge is 0.364 e. The van der Waals surface area contributed by atoms with E-state index in [0.29, 0.717) is 36.1 Å². The molecule has 1 atom stereocenters. The fourth-order valence-corrected chi connectivity index (χ4v) is 5.89. The summed E-state index contributed by atoms with van der Waals surface area (Å²) in [7, 11) is -3.72.